The van der Waals surface area contributed by atoms with Gasteiger partial charge in [0.15, 0.2) is 0 Å². The zero-order valence-corrected chi connectivity index (χ0v) is 9.64. The van der Waals surface area contributed by atoms with Gasteiger partial charge in [0.1, 0.15) is 11.4 Å². The van der Waals surface area contributed by atoms with E-state index in [1.165, 1.54) is 0 Å². The maximum atomic E-state index is 13.4. The summed E-state index contributed by atoms with van der Waals surface area (Å²) in [5.41, 5.74) is 6.38. The van der Waals surface area contributed by atoms with E-state index in [2.05, 4.69) is 0 Å². The number of H-pyrrole nitrogens is 1. The number of carbonyl (C=O) groups excluding carboxylic acids is 1. The van der Waals surface area contributed by atoms with E-state index >= 15 is 0 Å². The van der Waals surface area contributed by atoms with E-state index in [-0.39, 0.29) is 10.9 Å². The van der Waals surface area contributed by atoms with Crippen LogP contribution in [-0.2, 0) is 6.18 Å². The van der Waals surface area contributed by atoms with Crippen molar-refractivity contribution in [2.45, 2.75) is 6.18 Å². The minimum Gasteiger partial charge on any atom is -0.397 e. The lowest BCUT2D eigenvalue weighted by molar-refractivity contribution is -0.139. The van der Waals surface area contributed by atoms with Gasteiger partial charge in [0.2, 0.25) is 0 Å². The Morgan fingerprint density at radius 3 is 2.35 bits per heavy atom. The zero-order chi connectivity index (χ0) is 15.2. The van der Waals surface area contributed by atoms with Crippen molar-refractivity contribution >= 4 is 22.5 Å². The van der Waals surface area contributed by atoms with Gasteiger partial charge < -0.3 is 16.5 Å². The molecule has 1 aromatic heterocycles. The number of amides is 1. The van der Waals surface area contributed by atoms with E-state index in [9.17, 15) is 27.2 Å². The van der Waals surface area contributed by atoms with Crippen LogP contribution in [0.15, 0.2) is 16.9 Å². The highest BCUT2D eigenvalue weighted by Crippen LogP contribution is 2.34. The highest BCUT2D eigenvalue weighted by Gasteiger charge is 2.34. The average molecular weight is 289 g/mol. The van der Waals surface area contributed by atoms with Gasteiger partial charge in [-0.3, -0.25) is 9.59 Å². The second-order valence-electron chi connectivity index (χ2n) is 3.98. The van der Waals surface area contributed by atoms with Crippen molar-refractivity contribution < 1.29 is 22.4 Å². The van der Waals surface area contributed by atoms with Gasteiger partial charge in [-0.05, 0) is 12.1 Å². The Bertz CT molecular complexity index is 780. The predicted molar refractivity (Wildman–Crippen MR) is 62.5 cm³/mol. The number of alkyl halides is 3. The summed E-state index contributed by atoms with van der Waals surface area (Å²) < 4.78 is 51.1. The molecule has 0 aliphatic carbocycles. The van der Waals surface area contributed by atoms with Crippen molar-refractivity contribution in [2.75, 3.05) is 5.73 Å². The molecule has 2 rings (SSSR count). The number of aromatic nitrogens is 1. The molecule has 5 nitrogen and oxygen atoms in total. The molecule has 0 aliphatic rings. The number of primary amides is 1. The van der Waals surface area contributed by atoms with Gasteiger partial charge in [-0.1, -0.05) is 0 Å². The van der Waals surface area contributed by atoms with E-state index in [4.69, 9.17) is 11.5 Å². The Labute approximate surface area is 108 Å². The van der Waals surface area contributed by atoms with E-state index in [1.807, 2.05) is 4.98 Å². The second kappa shape index (κ2) is 4.22. The summed E-state index contributed by atoms with van der Waals surface area (Å²) in [7, 11) is 0. The van der Waals surface area contributed by atoms with Crippen molar-refractivity contribution in [3.63, 3.8) is 0 Å². The second-order valence-corrected chi connectivity index (χ2v) is 3.98. The first kappa shape index (κ1) is 13.8. The molecule has 20 heavy (non-hydrogen) atoms. The van der Waals surface area contributed by atoms with Crippen molar-refractivity contribution in [1.82, 2.24) is 4.98 Å². The van der Waals surface area contributed by atoms with Crippen LogP contribution < -0.4 is 17.0 Å². The zero-order valence-electron chi connectivity index (χ0n) is 9.64. The Balaban J connectivity index is 2.91. The van der Waals surface area contributed by atoms with Gasteiger partial charge in [0.25, 0.3) is 11.5 Å². The first-order chi connectivity index (χ1) is 9.12. The Kier molecular flexibility index (Phi) is 2.92. The Morgan fingerprint density at radius 2 is 1.85 bits per heavy atom. The number of nitrogens with one attached hydrogen (secondary N) is 1. The van der Waals surface area contributed by atoms with Crippen LogP contribution in [0, 0.1) is 5.82 Å². The smallest absolute Gasteiger partial charge is 0.397 e. The summed E-state index contributed by atoms with van der Waals surface area (Å²) in [5.74, 6) is -2.73. The molecule has 0 atom stereocenters. The number of benzene rings is 1. The van der Waals surface area contributed by atoms with E-state index in [1.54, 1.807) is 0 Å². The van der Waals surface area contributed by atoms with Crippen molar-refractivity contribution in [3.8, 4) is 0 Å². The first-order valence-electron chi connectivity index (χ1n) is 5.15. The van der Waals surface area contributed by atoms with Gasteiger partial charge in [0.05, 0.1) is 16.8 Å². The molecule has 0 radical (unpaired) electrons. The molecule has 1 heterocycles. The Morgan fingerprint density at radius 1 is 1.25 bits per heavy atom. The fourth-order valence-electron chi connectivity index (χ4n) is 1.80. The van der Waals surface area contributed by atoms with Crippen LogP contribution in [-0.4, -0.2) is 10.9 Å². The third kappa shape index (κ3) is 2.06. The van der Waals surface area contributed by atoms with Crippen LogP contribution in [0.4, 0.5) is 23.2 Å². The summed E-state index contributed by atoms with van der Waals surface area (Å²) in [5, 5.41) is -0.232. The van der Waals surface area contributed by atoms with Crippen LogP contribution in [0.5, 0.6) is 0 Å². The fraction of sp³-hybridized carbons (Fsp3) is 0.0909. The monoisotopic (exact) mass is 289 g/mol. The molecule has 106 valence electrons. The number of carbonyl (C=O) groups is 1. The topological polar surface area (TPSA) is 102 Å². The van der Waals surface area contributed by atoms with Crippen LogP contribution in [0.25, 0.3) is 10.9 Å². The molecule has 0 aliphatic heterocycles. The summed E-state index contributed by atoms with van der Waals surface area (Å²) in [6, 6.07) is 0.906. The molecule has 0 saturated carbocycles. The van der Waals surface area contributed by atoms with E-state index < -0.39 is 40.3 Å². The number of fused-ring (bicyclic) bond motifs is 1. The average Bonchev–Trinajstić information content (AvgIpc) is 2.27. The third-order valence-electron chi connectivity index (χ3n) is 2.69. The number of hydrogen-bond donors (Lipinski definition) is 3. The van der Waals surface area contributed by atoms with E-state index in [0.29, 0.717) is 12.1 Å². The number of anilines is 1. The number of rotatable bonds is 1. The normalized spacial score (nSPS) is 11.8. The quantitative estimate of drug-likeness (QED) is 0.691. The van der Waals surface area contributed by atoms with Crippen LogP contribution in [0.1, 0.15) is 15.9 Å². The van der Waals surface area contributed by atoms with Gasteiger partial charge >= 0.3 is 6.18 Å². The summed E-state index contributed by atoms with van der Waals surface area (Å²) in [6.45, 7) is 0. The lowest BCUT2D eigenvalue weighted by Crippen LogP contribution is -2.25. The number of halogens is 4. The molecule has 2 aromatic rings. The summed E-state index contributed by atoms with van der Waals surface area (Å²) in [6.07, 6.45) is -4.92. The molecule has 0 spiro atoms. The first-order valence-corrected chi connectivity index (χ1v) is 5.15. The van der Waals surface area contributed by atoms with Crippen molar-refractivity contribution in [3.05, 3.63) is 39.4 Å². The van der Waals surface area contributed by atoms with E-state index in [0.717, 1.165) is 0 Å². The summed E-state index contributed by atoms with van der Waals surface area (Å²) in [4.78, 5) is 24.6. The molecule has 5 N–H and O–H groups in total. The number of nitrogens with two attached hydrogens (primary N) is 2. The minimum absolute atomic E-state index is 0.232. The Hall–Kier alpha value is -2.58. The maximum absolute atomic E-state index is 13.4. The van der Waals surface area contributed by atoms with Gasteiger partial charge in [-0.2, -0.15) is 13.2 Å². The molecular formula is C11H7F4N3O2. The summed E-state index contributed by atoms with van der Waals surface area (Å²) >= 11 is 0. The number of aromatic amines is 1. The van der Waals surface area contributed by atoms with Gasteiger partial charge in [-0.15, -0.1) is 0 Å². The third-order valence-corrected chi connectivity index (χ3v) is 2.69. The van der Waals surface area contributed by atoms with Crippen LogP contribution in [0.3, 0.4) is 0 Å². The largest absolute Gasteiger partial charge is 0.419 e. The van der Waals surface area contributed by atoms with Gasteiger partial charge in [0, 0.05) is 5.39 Å². The molecule has 0 bridgehead atoms. The molecule has 1 aromatic carbocycles. The fourth-order valence-corrected chi connectivity index (χ4v) is 1.80. The van der Waals surface area contributed by atoms with Crippen LogP contribution in [0.2, 0.25) is 0 Å². The maximum Gasteiger partial charge on any atom is 0.419 e. The number of nitrogen functional groups attached to an aromatic ring is 1. The molecule has 0 unspecified atom stereocenters. The molecule has 0 saturated heterocycles. The molecule has 1 amide bonds. The lowest BCUT2D eigenvalue weighted by atomic mass is 10.1. The lowest BCUT2D eigenvalue weighted by Gasteiger charge is -2.11. The standard InChI is InChI=1S/C11H7F4N3O2/c12-5-1-3-6(2-4(5)11(13,14)15)18-10(20)7(8(3)16)9(17)19/h1-2H,(H2,17,19)(H3,16,18,20). The highest BCUT2D eigenvalue weighted by atomic mass is 19.4. The van der Waals surface area contributed by atoms with Gasteiger partial charge in [-0.25, -0.2) is 4.39 Å². The molecular weight excluding hydrogens is 282 g/mol. The van der Waals surface area contributed by atoms with Crippen molar-refractivity contribution in [2.24, 2.45) is 5.73 Å². The van der Waals surface area contributed by atoms with Crippen LogP contribution >= 0.6 is 0 Å². The number of hydrogen-bond acceptors (Lipinski definition) is 3. The number of pyridine rings is 1. The SMILES string of the molecule is NC(=O)c1c(N)c2cc(F)c(C(F)(F)F)cc2[nH]c1=O. The molecule has 0 fully saturated rings. The predicted octanol–water partition coefficient (Wildman–Crippen LogP) is 1.37. The highest BCUT2D eigenvalue weighted by molar-refractivity contribution is 6.05. The van der Waals surface area contributed by atoms with Crippen molar-refractivity contribution in [1.29, 1.82) is 0 Å². The minimum atomic E-state index is -4.92. The molecule has 9 heteroatoms.